The monoisotopic (exact) mass is 314 g/mol. The SMILES string of the molecule is COc1cccc2c1C(=O)C=C(Sc1ccccc1F)C2=O. The van der Waals surface area contributed by atoms with Gasteiger partial charge in [-0.25, -0.2) is 4.39 Å². The molecule has 0 unspecified atom stereocenters. The highest BCUT2D eigenvalue weighted by Gasteiger charge is 2.29. The molecular formula is C17H11FO3S. The highest BCUT2D eigenvalue weighted by Crippen LogP contribution is 2.37. The van der Waals surface area contributed by atoms with E-state index in [2.05, 4.69) is 0 Å². The molecule has 0 saturated carbocycles. The fraction of sp³-hybridized carbons (Fsp3) is 0.0588. The number of halogens is 1. The third-order valence-electron chi connectivity index (χ3n) is 3.28. The summed E-state index contributed by atoms with van der Waals surface area (Å²) in [5.41, 5.74) is 0.540. The number of fused-ring (bicyclic) bond motifs is 1. The van der Waals surface area contributed by atoms with Crippen LogP contribution in [0.5, 0.6) is 5.75 Å². The van der Waals surface area contributed by atoms with Gasteiger partial charge in [-0.3, -0.25) is 9.59 Å². The molecule has 22 heavy (non-hydrogen) atoms. The van der Waals surface area contributed by atoms with Crippen molar-refractivity contribution in [3.05, 3.63) is 70.4 Å². The van der Waals surface area contributed by atoms with E-state index in [9.17, 15) is 14.0 Å². The predicted molar refractivity (Wildman–Crippen MR) is 82.0 cm³/mol. The summed E-state index contributed by atoms with van der Waals surface area (Å²) in [6.45, 7) is 0. The molecule has 2 aromatic carbocycles. The van der Waals surface area contributed by atoms with Crippen LogP contribution in [0.2, 0.25) is 0 Å². The van der Waals surface area contributed by atoms with E-state index >= 15 is 0 Å². The van der Waals surface area contributed by atoms with Crippen LogP contribution in [0.3, 0.4) is 0 Å². The lowest BCUT2D eigenvalue weighted by molar-refractivity contribution is 0.0988. The maximum Gasteiger partial charge on any atom is 0.200 e. The molecule has 0 saturated heterocycles. The van der Waals surface area contributed by atoms with Gasteiger partial charge in [-0.2, -0.15) is 0 Å². The number of methoxy groups -OCH3 is 1. The molecule has 0 atom stereocenters. The summed E-state index contributed by atoms with van der Waals surface area (Å²) in [7, 11) is 1.45. The Bertz CT molecular complexity index is 811. The highest BCUT2D eigenvalue weighted by atomic mass is 32.2. The quantitative estimate of drug-likeness (QED) is 0.862. The summed E-state index contributed by atoms with van der Waals surface area (Å²) in [5, 5.41) is 0. The molecule has 2 aromatic rings. The zero-order valence-electron chi connectivity index (χ0n) is 11.6. The van der Waals surface area contributed by atoms with Crippen LogP contribution in [0.1, 0.15) is 20.7 Å². The molecule has 0 amide bonds. The van der Waals surface area contributed by atoms with Crippen molar-refractivity contribution in [2.24, 2.45) is 0 Å². The van der Waals surface area contributed by atoms with Crippen LogP contribution in [-0.4, -0.2) is 18.7 Å². The third kappa shape index (κ3) is 2.44. The molecule has 3 nitrogen and oxygen atoms in total. The Balaban J connectivity index is 2.02. The van der Waals surface area contributed by atoms with E-state index in [1.165, 1.54) is 19.3 Å². The average Bonchev–Trinajstić information content (AvgIpc) is 2.53. The molecule has 0 heterocycles. The predicted octanol–water partition coefficient (Wildman–Crippen LogP) is 3.89. The van der Waals surface area contributed by atoms with Crippen LogP contribution in [0.25, 0.3) is 0 Å². The number of allylic oxidation sites excluding steroid dienone is 2. The molecule has 0 fully saturated rings. The fourth-order valence-electron chi connectivity index (χ4n) is 2.26. The Kier molecular flexibility index (Phi) is 3.81. The summed E-state index contributed by atoms with van der Waals surface area (Å²) < 4.78 is 18.9. The maximum absolute atomic E-state index is 13.7. The van der Waals surface area contributed by atoms with E-state index < -0.39 is 5.82 Å². The van der Waals surface area contributed by atoms with Gasteiger partial charge in [0, 0.05) is 16.5 Å². The number of rotatable bonds is 3. The van der Waals surface area contributed by atoms with Crippen LogP contribution in [0.15, 0.2) is 58.3 Å². The Hall–Kier alpha value is -2.40. The molecule has 0 aromatic heterocycles. The lowest BCUT2D eigenvalue weighted by atomic mass is 9.94. The standard InChI is InChI=1S/C17H11FO3S/c1-21-13-7-4-5-10-16(13)12(19)9-15(17(10)20)22-14-8-3-2-6-11(14)18/h2-9H,1H3. The molecule has 0 radical (unpaired) electrons. The van der Waals surface area contributed by atoms with Crippen molar-refractivity contribution in [1.29, 1.82) is 0 Å². The number of hydrogen-bond acceptors (Lipinski definition) is 4. The fourth-order valence-corrected chi connectivity index (χ4v) is 3.17. The second-order valence-electron chi connectivity index (χ2n) is 4.62. The Labute approximate surface area is 130 Å². The largest absolute Gasteiger partial charge is 0.496 e. The van der Waals surface area contributed by atoms with E-state index in [0.29, 0.717) is 10.6 Å². The van der Waals surface area contributed by atoms with Crippen LogP contribution in [-0.2, 0) is 0 Å². The van der Waals surface area contributed by atoms with Crippen LogP contribution in [0, 0.1) is 5.82 Å². The number of Topliss-reactive ketones (excluding diaryl/α,β-unsaturated/α-hetero) is 1. The van der Waals surface area contributed by atoms with Crippen molar-refractivity contribution in [2.75, 3.05) is 7.11 Å². The highest BCUT2D eigenvalue weighted by molar-refractivity contribution is 8.04. The number of carbonyl (C=O) groups excluding carboxylic acids is 2. The first kappa shape index (κ1) is 14.5. The molecule has 5 heteroatoms. The maximum atomic E-state index is 13.7. The zero-order valence-corrected chi connectivity index (χ0v) is 12.4. The number of thioether (sulfide) groups is 1. The van der Waals surface area contributed by atoms with Gasteiger partial charge in [0.1, 0.15) is 11.6 Å². The van der Waals surface area contributed by atoms with Crippen molar-refractivity contribution in [3.8, 4) is 5.75 Å². The summed E-state index contributed by atoms with van der Waals surface area (Å²) in [4.78, 5) is 25.3. The molecular weight excluding hydrogens is 303 g/mol. The first-order valence-electron chi connectivity index (χ1n) is 6.52. The van der Waals surface area contributed by atoms with E-state index in [1.807, 2.05) is 0 Å². The first-order valence-corrected chi connectivity index (χ1v) is 7.33. The normalized spacial score (nSPS) is 13.6. The number of carbonyl (C=O) groups is 2. The third-order valence-corrected chi connectivity index (χ3v) is 4.35. The minimum absolute atomic E-state index is 0.204. The van der Waals surface area contributed by atoms with Crippen LogP contribution in [0.4, 0.5) is 4.39 Å². The van der Waals surface area contributed by atoms with E-state index in [4.69, 9.17) is 4.74 Å². The molecule has 0 spiro atoms. The molecule has 0 N–H and O–H groups in total. The van der Waals surface area contributed by atoms with E-state index in [0.717, 1.165) is 11.8 Å². The number of hydrogen-bond donors (Lipinski definition) is 0. The van der Waals surface area contributed by atoms with Crippen molar-refractivity contribution < 1.29 is 18.7 Å². The lowest BCUT2D eigenvalue weighted by Crippen LogP contribution is -2.16. The van der Waals surface area contributed by atoms with Gasteiger partial charge in [0.25, 0.3) is 0 Å². The molecule has 0 aliphatic heterocycles. The molecule has 0 bridgehead atoms. The number of ketones is 2. The van der Waals surface area contributed by atoms with Gasteiger partial charge < -0.3 is 4.74 Å². The van der Waals surface area contributed by atoms with Gasteiger partial charge in [0.2, 0.25) is 5.78 Å². The van der Waals surface area contributed by atoms with Crippen molar-refractivity contribution in [3.63, 3.8) is 0 Å². The number of benzene rings is 2. The second-order valence-corrected chi connectivity index (χ2v) is 5.70. The molecule has 3 rings (SSSR count). The van der Waals surface area contributed by atoms with Gasteiger partial charge in [-0.15, -0.1) is 0 Å². The summed E-state index contributed by atoms with van der Waals surface area (Å²) >= 11 is 0.955. The number of ether oxygens (including phenoxy) is 1. The van der Waals surface area contributed by atoms with Crippen LogP contribution < -0.4 is 4.74 Å². The smallest absolute Gasteiger partial charge is 0.200 e. The minimum atomic E-state index is -0.426. The van der Waals surface area contributed by atoms with Gasteiger partial charge >= 0.3 is 0 Å². The van der Waals surface area contributed by atoms with Crippen molar-refractivity contribution >= 4 is 23.3 Å². The topological polar surface area (TPSA) is 43.4 Å². The lowest BCUT2D eigenvalue weighted by Gasteiger charge is -2.17. The molecule has 1 aliphatic carbocycles. The van der Waals surface area contributed by atoms with E-state index in [1.54, 1.807) is 36.4 Å². The van der Waals surface area contributed by atoms with Crippen molar-refractivity contribution in [2.45, 2.75) is 4.90 Å². The van der Waals surface area contributed by atoms with Gasteiger partial charge in [-0.05, 0) is 24.3 Å². The summed E-state index contributed by atoms with van der Waals surface area (Å²) in [6.07, 6.45) is 1.24. The van der Waals surface area contributed by atoms with E-state index in [-0.39, 0.29) is 27.6 Å². The molecule has 110 valence electrons. The molecule has 1 aliphatic rings. The van der Waals surface area contributed by atoms with Crippen molar-refractivity contribution in [1.82, 2.24) is 0 Å². The average molecular weight is 314 g/mol. The Morgan fingerprint density at radius 2 is 1.82 bits per heavy atom. The van der Waals surface area contributed by atoms with Crippen LogP contribution >= 0.6 is 11.8 Å². The van der Waals surface area contributed by atoms with Gasteiger partial charge in [0.05, 0.1) is 17.6 Å². The Morgan fingerprint density at radius 1 is 1.05 bits per heavy atom. The first-order chi connectivity index (χ1) is 10.6. The zero-order chi connectivity index (χ0) is 15.7. The Morgan fingerprint density at radius 3 is 2.55 bits per heavy atom. The summed E-state index contributed by atoms with van der Waals surface area (Å²) in [5.74, 6) is -0.681. The van der Waals surface area contributed by atoms with Gasteiger partial charge in [0.15, 0.2) is 5.78 Å². The summed E-state index contributed by atoms with van der Waals surface area (Å²) in [6, 6.07) is 11.0. The second kappa shape index (κ2) is 5.77. The van der Waals surface area contributed by atoms with Gasteiger partial charge in [-0.1, -0.05) is 30.0 Å². The minimum Gasteiger partial charge on any atom is -0.496 e.